The number of halogens is 4. The zero-order valence-electron chi connectivity index (χ0n) is 13.9. The van der Waals surface area contributed by atoms with Crippen LogP contribution in [0.1, 0.15) is 0 Å². The van der Waals surface area contributed by atoms with Crippen molar-refractivity contribution < 1.29 is 8.78 Å². The van der Waals surface area contributed by atoms with Gasteiger partial charge in [-0.2, -0.15) is 5.10 Å². The minimum atomic E-state index is -0.766. The highest BCUT2D eigenvalue weighted by Crippen LogP contribution is 2.30. The quantitative estimate of drug-likeness (QED) is 0.369. The Morgan fingerprint density at radius 2 is 1.78 bits per heavy atom. The van der Waals surface area contributed by atoms with E-state index in [0.29, 0.717) is 21.5 Å². The molecule has 0 saturated carbocycles. The number of nitrogens with zero attached hydrogens (tertiary/aromatic N) is 3. The molecule has 8 heteroatoms. The molecule has 0 saturated heterocycles. The van der Waals surface area contributed by atoms with Gasteiger partial charge in [0.25, 0.3) is 5.56 Å². The van der Waals surface area contributed by atoms with Gasteiger partial charge in [0, 0.05) is 32.2 Å². The third-order valence-corrected chi connectivity index (χ3v) is 5.29. The molecule has 2 aromatic carbocycles. The van der Waals surface area contributed by atoms with Crippen molar-refractivity contribution in [2.75, 3.05) is 0 Å². The Labute approximate surface area is 171 Å². The Bertz CT molecular complexity index is 1250. The van der Waals surface area contributed by atoms with Crippen LogP contribution in [-0.4, -0.2) is 14.3 Å². The van der Waals surface area contributed by atoms with Gasteiger partial charge < -0.3 is 0 Å². The van der Waals surface area contributed by atoms with Crippen molar-refractivity contribution in [2.24, 2.45) is 7.05 Å². The fourth-order valence-electron chi connectivity index (χ4n) is 3.04. The molecule has 0 aliphatic rings. The largest absolute Gasteiger partial charge is 0.295 e. The molecule has 136 valence electrons. The Hall–Kier alpha value is -2.26. The van der Waals surface area contributed by atoms with Crippen LogP contribution in [0.3, 0.4) is 0 Å². The summed E-state index contributed by atoms with van der Waals surface area (Å²) in [6.07, 6.45) is 1.46. The molecule has 0 aliphatic heterocycles. The molecule has 0 N–H and O–H groups in total. The lowest BCUT2D eigenvalue weighted by molar-refractivity contribution is 0.561. The van der Waals surface area contributed by atoms with Crippen LogP contribution in [0.25, 0.3) is 27.8 Å². The molecular weight excluding hydrogens is 487 g/mol. The lowest BCUT2D eigenvalue weighted by Gasteiger charge is -2.11. The lowest BCUT2D eigenvalue weighted by Crippen LogP contribution is -2.21. The van der Waals surface area contributed by atoms with Gasteiger partial charge in [-0.05, 0) is 59.0 Å². The van der Waals surface area contributed by atoms with Gasteiger partial charge in [-0.3, -0.25) is 9.36 Å². The molecule has 2 aromatic heterocycles. The summed E-state index contributed by atoms with van der Waals surface area (Å²) in [5, 5.41) is 5.11. The monoisotopic (exact) mass is 497 g/mol. The van der Waals surface area contributed by atoms with Crippen molar-refractivity contribution in [2.45, 2.75) is 0 Å². The van der Waals surface area contributed by atoms with Crippen LogP contribution >= 0.6 is 34.2 Å². The van der Waals surface area contributed by atoms with Crippen molar-refractivity contribution in [1.82, 2.24) is 14.3 Å². The molecule has 4 nitrogen and oxygen atoms in total. The predicted octanol–water partition coefficient (Wildman–Crippen LogP) is 4.93. The number of fused-ring (bicyclic) bond motifs is 1. The first-order valence-electron chi connectivity index (χ1n) is 7.86. The van der Waals surface area contributed by atoms with Crippen LogP contribution in [0.4, 0.5) is 8.78 Å². The lowest BCUT2D eigenvalue weighted by atomic mass is 10.1. The molecule has 0 radical (unpaired) electrons. The van der Waals surface area contributed by atoms with E-state index in [2.05, 4.69) is 27.7 Å². The van der Waals surface area contributed by atoms with Gasteiger partial charge in [0.2, 0.25) is 0 Å². The maximum atomic E-state index is 14.2. The summed E-state index contributed by atoms with van der Waals surface area (Å²) in [7, 11) is 1.53. The van der Waals surface area contributed by atoms with Gasteiger partial charge in [-0.25, -0.2) is 13.5 Å². The molecule has 0 aliphatic carbocycles. The van der Waals surface area contributed by atoms with Crippen LogP contribution in [0.5, 0.6) is 0 Å². The molecule has 0 amide bonds. The van der Waals surface area contributed by atoms with E-state index in [1.54, 1.807) is 12.1 Å². The molecule has 0 fully saturated rings. The summed E-state index contributed by atoms with van der Waals surface area (Å²) in [6.45, 7) is 0. The highest BCUT2D eigenvalue weighted by atomic mass is 127. The van der Waals surface area contributed by atoms with Gasteiger partial charge in [0.15, 0.2) is 11.6 Å². The molecule has 2 heterocycles. The van der Waals surface area contributed by atoms with E-state index < -0.39 is 11.6 Å². The second kappa shape index (κ2) is 6.72. The first-order valence-corrected chi connectivity index (χ1v) is 9.31. The van der Waals surface area contributed by atoms with E-state index in [1.807, 2.05) is 12.1 Å². The van der Waals surface area contributed by atoms with Crippen molar-refractivity contribution in [3.8, 4) is 16.8 Å². The smallest absolute Gasteiger partial charge is 0.259 e. The van der Waals surface area contributed by atoms with Crippen LogP contribution in [0.2, 0.25) is 5.02 Å². The number of benzene rings is 2. The normalized spacial score (nSPS) is 11.3. The molecular formula is C19H11ClF2IN3O. The zero-order chi connectivity index (χ0) is 19.3. The average molecular weight is 498 g/mol. The SMILES string of the molecule is Cn1c(=O)c(-c2cc(I)ccc2Cl)cc2cnn(-c3c(F)cccc3F)c21. The number of aryl methyl sites for hydroxylation is 1. The number of hydrogen-bond acceptors (Lipinski definition) is 2. The zero-order valence-corrected chi connectivity index (χ0v) is 16.8. The highest BCUT2D eigenvalue weighted by Gasteiger charge is 2.19. The number of aromatic nitrogens is 3. The average Bonchev–Trinajstić information content (AvgIpc) is 3.04. The summed E-state index contributed by atoms with van der Waals surface area (Å²) in [6, 6.07) is 10.6. The van der Waals surface area contributed by atoms with Gasteiger partial charge in [-0.15, -0.1) is 0 Å². The molecule has 0 spiro atoms. The predicted molar refractivity (Wildman–Crippen MR) is 109 cm³/mol. The topological polar surface area (TPSA) is 39.8 Å². The van der Waals surface area contributed by atoms with E-state index in [9.17, 15) is 13.6 Å². The summed E-state index contributed by atoms with van der Waals surface area (Å²) in [5.41, 5.74) is 0.597. The minimum Gasteiger partial charge on any atom is -0.295 e. The van der Waals surface area contributed by atoms with Gasteiger partial charge >= 0.3 is 0 Å². The third-order valence-electron chi connectivity index (χ3n) is 4.29. The van der Waals surface area contributed by atoms with Crippen molar-refractivity contribution in [1.29, 1.82) is 0 Å². The van der Waals surface area contributed by atoms with E-state index in [1.165, 1.54) is 23.9 Å². The second-order valence-electron chi connectivity index (χ2n) is 5.95. The molecule has 4 rings (SSSR count). The first-order chi connectivity index (χ1) is 12.9. The van der Waals surface area contributed by atoms with Crippen LogP contribution in [0.15, 0.2) is 53.5 Å². The van der Waals surface area contributed by atoms with Gasteiger partial charge in [0.1, 0.15) is 11.3 Å². The van der Waals surface area contributed by atoms with E-state index >= 15 is 0 Å². The molecule has 0 unspecified atom stereocenters. The maximum Gasteiger partial charge on any atom is 0.259 e. The molecule has 0 atom stereocenters. The summed E-state index contributed by atoms with van der Waals surface area (Å²) >= 11 is 8.42. The fraction of sp³-hybridized carbons (Fsp3) is 0.0526. The number of rotatable bonds is 2. The summed E-state index contributed by atoms with van der Waals surface area (Å²) in [4.78, 5) is 13.0. The van der Waals surface area contributed by atoms with Crippen molar-refractivity contribution >= 4 is 45.2 Å². The second-order valence-corrected chi connectivity index (χ2v) is 7.60. The first kappa shape index (κ1) is 18.1. The van der Waals surface area contributed by atoms with Crippen molar-refractivity contribution in [3.05, 3.63) is 79.2 Å². The highest BCUT2D eigenvalue weighted by molar-refractivity contribution is 14.1. The molecule has 27 heavy (non-hydrogen) atoms. The molecule has 0 bridgehead atoms. The van der Waals surface area contributed by atoms with Crippen LogP contribution in [0, 0.1) is 15.2 Å². The van der Waals surface area contributed by atoms with Crippen LogP contribution in [-0.2, 0) is 7.05 Å². The van der Waals surface area contributed by atoms with Crippen molar-refractivity contribution in [3.63, 3.8) is 0 Å². The van der Waals surface area contributed by atoms with Gasteiger partial charge in [0.05, 0.1) is 6.20 Å². The minimum absolute atomic E-state index is 0.287. The Kier molecular flexibility index (Phi) is 4.51. The Balaban J connectivity index is 2.04. The third kappa shape index (κ3) is 2.94. The van der Waals surface area contributed by atoms with E-state index in [-0.39, 0.29) is 16.9 Å². The maximum absolute atomic E-state index is 14.2. The van der Waals surface area contributed by atoms with Gasteiger partial charge in [-0.1, -0.05) is 17.7 Å². The number of para-hydroxylation sites is 1. The summed E-state index contributed by atoms with van der Waals surface area (Å²) < 4.78 is 31.8. The fourth-order valence-corrected chi connectivity index (χ4v) is 3.75. The van der Waals surface area contributed by atoms with E-state index in [0.717, 1.165) is 20.4 Å². The van der Waals surface area contributed by atoms with E-state index in [4.69, 9.17) is 11.6 Å². The van der Waals surface area contributed by atoms with Crippen LogP contribution < -0.4 is 5.56 Å². The molecule has 4 aromatic rings. The summed E-state index contributed by atoms with van der Waals surface area (Å²) in [5.74, 6) is -1.53. The number of hydrogen-bond donors (Lipinski definition) is 0. The number of pyridine rings is 1. The Morgan fingerprint density at radius 3 is 2.48 bits per heavy atom. The Morgan fingerprint density at radius 1 is 1.07 bits per heavy atom. The standard InChI is InChI=1S/C19H11ClF2IN3O/c1-25-18-10(9-24-26(18)17-15(21)3-2-4-16(17)22)7-13(19(25)27)12-8-11(23)5-6-14(12)20/h2-9H,1H3.